The van der Waals surface area contributed by atoms with Crippen molar-refractivity contribution in [3.63, 3.8) is 0 Å². The molecule has 0 saturated carbocycles. The van der Waals surface area contributed by atoms with Crippen LogP contribution in [-0.4, -0.2) is 44.8 Å². The van der Waals surface area contributed by atoms with Crippen LogP contribution in [-0.2, 0) is 0 Å². The van der Waals surface area contributed by atoms with Gasteiger partial charge in [0.05, 0.1) is 11.6 Å². The molecule has 12 heavy (non-hydrogen) atoms. The van der Waals surface area contributed by atoms with E-state index in [4.69, 9.17) is 25.7 Å². The lowest BCUT2D eigenvalue weighted by molar-refractivity contribution is -0.0910. The molecular weight excluding hydrogens is 162 g/mol. The summed E-state index contributed by atoms with van der Waals surface area (Å²) in [6.45, 7) is 0. The molecule has 5 heteroatoms. The average molecular weight is 171 g/mol. The second-order valence-corrected chi connectivity index (χ2v) is 2.65. The Morgan fingerprint density at radius 3 is 2.25 bits per heavy atom. The van der Waals surface area contributed by atoms with Gasteiger partial charge < -0.3 is 20.4 Å². The van der Waals surface area contributed by atoms with E-state index in [1.807, 2.05) is 0 Å². The van der Waals surface area contributed by atoms with Crippen LogP contribution in [0.25, 0.3) is 0 Å². The zero-order chi connectivity index (χ0) is 9.30. The second kappa shape index (κ2) is 3.21. The van der Waals surface area contributed by atoms with Gasteiger partial charge in [-0.3, -0.25) is 0 Å². The smallest absolute Gasteiger partial charge is 0.117 e. The second-order valence-electron chi connectivity index (χ2n) is 2.65. The molecule has 1 aliphatic carbocycles. The topological polar surface area (TPSA) is 105 Å². The molecular formula is C7H9NO4. The minimum absolute atomic E-state index is 0.125. The van der Waals surface area contributed by atoms with Gasteiger partial charge in [-0.15, -0.1) is 0 Å². The van der Waals surface area contributed by atoms with Crippen molar-refractivity contribution in [1.82, 2.24) is 0 Å². The molecule has 0 radical (unpaired) electrons. The Kier molecular flexibility index (Phi) is 2.45. The van der Waals surface area contributed by atoms with Gasteiger partial charge in [0.2, 0.25) is 0 Å². The van der Waals surface area contributed by atoms with Crippen molar-refractivity contribution in [2.75, 3.05) is 0 Å². The van der Waals surface area contributed by atoms with E-state index >= 15 is 0 Å². The van der Waals surface area contributed by atoms with Gasteiger partial charge in [-0.25, -0.2) is 0 Å². The number of hydrogen-bond acceptors (Lipinski definition) is 5. The third-order valence-corrected chi connectivity index (χ3v) is 1.82. The highest BCUT2D eigenvalue weighted by Gasteiger charge is 2.36. The molecule has 1 rings (SSSR count). The first kappa shape index (κ1) is 9.16. The largest absolute Gasteiger partial charge is 0.387 e. The fourth-order valence-electron chi connectivity index (χ4n) is 1.06. The van der Waals surface area contributed by atoms with Gasteiger partial charge in [-0.1, -0.05) is 0 Å². The minimum Gasteiger partial charge on any atom is -0.387 e. The Labute approximate surface area is 68.8 Å². The average Bonchev–Trinajstić information content (AvgIpc) is 2.08. The van der Waals surface area contributed by atoms with E-state index in [1.165, 1.54) is 0 Å². The minimum atomic E-state index is -1.50. The molecule has 0 bridgehead atoms. The number of nitrogens with zero attached hydrogens (tertiary/aromatic N) is 1. The van der Waals surface area contributed by atoms with Crippen molar-refractivity contribution >= 4 is 0 Å². The number of nitriles is 1. The Morgan fingerprint density at radius 1 is 1.17 bits per heavy atom. The number of aliphatic hydroxyl groups excluding tert-OH is 4. The van der Waals surface area contributed by atoms with Crippen LogP contribution in [0.5, 0.6) is 0 Å². The zero-order valence-corrected chi connectivity index (χ0v) is 6.12. The van der Waals surface area contributed by atoms with Crippen molar-refractivity contribution in [2.24, 2.45) is 0 Å². The van der Waals surface area contributed by atoms with Gasteiger partial charge in [-0.05, 0) is 6.08 Å². The molecule has 0 spiro atoms. The van der Waals surface area contributed by atoms with Crippen LogP contribution >= 0.6 is 0 Å². The fourth-order valence-corrected chi connectivity index (χ4v) is 1.06. The molecule has 0 heterocycles. The fraction of sp³-hybridized carbons (Fsp3) is 0.571. The third-order valence-electron chi connectivity index (χ3n) is 1.82. The van der Waals surface area contributed by atoms with E-state index < -0.39 is 24.4 Å². The van der Waals surface area contributed by atoms with E-state index in [9.17, 15) is 0 Å². The highest BCUT2D eigenvalue weighted by Crippen LogP contribution is 2.19. The number of aliphatic hydroxyl groups is 4. The summed E-state index contributed by atoms with van der Waals surface area (Å²) in [5.41, 5.74) is -0.125. The van der Waals surface area contributed by atoms with Gasteiger partial charge in [-0.2, -0.15) is 5.26 Å². The molecule has 5 nitrogen and oxygen atoms in total. The van der Waals surface area contributed by atoms with Crippen molar-refractivity contribution < 1.29 is 20.4 Å². The molecule has 0 unspecified atom stereocenters. The maximum absolute atomic E-state index is 9.11. The summed E-state index contributed by atoms with van der Waals surface area (Å²) < 4.78 is 0. The summed E-state index contributed by atoms with van der Waals surface area (Å²) in [4.78, 5) is 0. The summed E-state index contributed by atoms with van der Waals surface area (Å²) >= 11 is 0. The van der Waals surface area contributed by atoms with Crippen LogP contribution in [0.1, 0.15) is 0 Å². The molecule has 0 aromatic carbocycles. The van der Waals surface area contributed by atoms with E-state index in [2.05, 4.69) is 0 Å². The lowest BCUT2D eigenvalue weighted by atomic mass is 9.90. The SMILES string of the molecule is N#CC1=C[C@H](O)[C@@H](O)[C@H](O)[C@@H]1O. The molecule has 4 N–H and O–H groups in total. The lowest BCUT2D eigenvalue weighted by Crippen LogP contribution is -2.48. The van der Waals surface area contributed by atoms with Crippen LogP contribution in [0, 0.1) is 11.3 Å². The first-order valence-corrected chi connectivity index (χ1v) is 3.42. The van der Waals surface area contributed by atoms with E-state index in [0.717, 1.165) is 6.08 Å². The third kappa shape index (κ3) is 1.33. The van der Waals surface area contributed by atoms with Crippen molar-refractivity contribution in [3.8, 4) is 6.07 Å². The van der Waals surface area contributed by atoms with Crippen LogP contribution in [0.15, 0.2) is 11.6 Å². The molecule has 0 aromatic heterocycles. The Bertz CT molecular complexity index is 244. The molecule has 0 fully saturated rings. The summed E-state index contributed by atoms with van der Waals surface area (Å²) in [5, 5.41) is 44.6. The van der Waals surface area contributed by atoms with Crippen LogP contribution in [0.4, 0.5) is 0 Å². The first-order chi connectivity index (χ1) is 5.57. The van der Waals surface area contributed by atoms with E-state index in [0.29, 0.717) is 0 Å². The monoisotopic (exact) mass is 171 g/mol. The molecule has 66 valence electrons. The number of hydrogen-bond donors (Lipinski definition) is 4. The van der Waals surface area contributed by atoms with Gasteiger partial charge in [0.25, 0.3) is 0 Å². The van der Waals surface area contributed by atoms with Gasteiger partial charge >= 0.3 is 0 Å². The Balaban J connectivity index is 2.93. The van der Waals surface area contributed by atoms with Gasteiger partial charge in [0.15, 0.2) is 0 Å². The molecule has 0 aliphatic heterocycles. The molecule has 0 saturated heterocycles. The highest BCUT2D eigenvalue weighted by molar-refractivity contribution is 5.31. The standard InChI is InChI=1S/C7H9NO4/c8-2-3-1-4(9)6(11)7(12)5(3)10/h1,4-7,9-12H/t4-,5+,6+,7+/m0/s1. The molecule has 4 atom stereocenters. The van der Waals surface area contributed by atoms with Crippen LogP contribution < -0.4 is 0 Å². The summed E-state index contributed by atoms with van der Waals surface area (Å²) in [7, 11) is 0. The lowest BCUT2D eigenvalue weighted by Gasteiger charge is -2.29. The maximum Gasteiger partial charge on any atom is 0.117 e. The van der Waals surface area contributed by atoms with Crippen LogP contribution in [0.3, 0.4) is 0 Å². The van der Waals surface area contributed by atoms with Crippen molar-refractivity contribution in [2.45, 2.75) is 24.4 Å². The summed E-state index contributed by atoms with van der Waals surface area (Å²) in [6, 6.07) is 1.62. The Morgan fingerprint density at radius 2 is 1.75 bits per heavy atom. The predicted octanol–water partition coefficient (Wildman–Crippen LogP) is -2.11. The van der Waals surface area contributed by atoms with Gasteiger partial charge in [0, 0.05) is 0 Å². The summed E-state index contributed by atoms with van der Waals surface area (Å²) in [5.74, 6) is 0. The highest BCUT2D eigenvalue weighted by atomic mass is 16.4. The maximum atomic E-state index is 9.11. The van der Waals surface area contributed by atoms with E-state index in [1.54, 1.807) is 6.07 Å². The molecule has 0 aromatic rings. The van der Waals surface area contributed by atoms with E-state index in [-0.39, 0.29) is 5.57 Å². The van der Waals surface area contributed by atoms with Gasteiger partial charge in [0.1, 0.15) is 24.4 Å². The Hall–Kier alpha value is -0.930. The quantitative estimate of drug-likeness (QED) is 0.334. The predicted molar refractivity (Wildman–Crippen MR) is 37.7 cm³/mol. The first-order valence-electron chi connectivity index (χ1n) is 3.42. The van der Waals surface area contributed by atoms with Crippen LogP contribution in [0.2, 0.25) is 0 Å². The normalized spacial score (nSPS) is 41.8. The molecule has 0 amide bonds. The van der Waals surface area contributed by atoms with Crippen molar-refractivity contribution in [1.29, 1.82) is 5.26 Å². The van der Waals surface area contributed by atoms with Crippen molar-refractivity contribution in [3.05, 3.63) is 11.6 Å². The summed E-state index contributed by atoms with van der Waals surface area (Å²) in [6.07, 6.45) is -4.61. The molecule has 1 aliphatic rings. The zero-order valence-electron chi connectivity index (χ0n) is 6.12. The number of rotatable bonds is 0.